The minimum absolute atomic E-state index is 0.0652. The molecular weight excluding hydrogens is 334 g/mol. The van der Waals surface area contributed by atoms with Crippen molar-refractivity contribution in [2.45, 2.75) is 63.1 Å². The predicted molar refractivity (Wildman–Crippen MR) is 108 cm³/mol. The molecule has 27 heavy (non-hydrogen) atoms. The molecule has 2 heterocycles. The van der Waals surface area contributed by atoms with Gasteiger partial charge in [0.25, 0.3) is 0 Å². The quantitative estimate of drug-likeness (QED) is 0.733. The lowest BCUT2D eigenvalue weighted by Gasteiger charge is -2.36. The van der Waals surface area contributed by atoms with Gasteiger partial charge in [-0.1, -0.05) is 60.2 Å². The Morgan fingerprint density at radius 2 is 1.67 bits per heavy atom. The Labute approximate surface area is 162 Å². The van der Waals surface area contributed by atoms with Gasteiger partial charge in [-0.15, -0.1) is 0 Å². The minimum atomic E-state index is -0.244. The van der Waals surface area contributed by atoms with E-state index in [0.29, 0.717) is 18.5 Å². The van der Waals surface area contributed by atoms with Gasteiger partial charge in [-0.05, 0) is 57.2 Å². The van der Waals surface area contributed by atoms with E-state index < -0.39 is 0 Å². The van der Waals surface area contributed by atoms with Crippen LogP contribution in [0.2, 0.25) is 0 Å². The molecule has 2 aromatic rings. The number of rotatable bonds is 5. The second kappa shape index (κ2) is 7.85. The van der Waals surface area contributed by atoms with Crippen LogP contribution < -0.4 is 0 Å². The number of ether oxygens (including phenoxy) is 1. The third-order valence-corrected chi connectivity index (χ3v) is 6.38. The van der Waals surface area contributed by atoms with Crippen LogP contribution in [0.4, 0.5) is 0 Å². The van der Waals surface area contributed by atoms with E-state index in [9.17, 15) is 4.79 Å². The third kappa shape index (κ3) is 4.08. The molecule has 0 aromatic heterocycles. The van der Waals surface area contributed by atoms with Crippen LogP contribution in [-0.2, 0) is 16.0 Å². The molecule has 0 saturated carbocycles. The molecule has 0 N–H and O–H groups in total. The van der Waals surface area contributed by atoms with Gasteiger partial charge in [0.05, 0.1) is 5.92 Å². The maximum atomic E-state index is 13.2. The van der Waals surface area contributed by atoms with Gasteiger partial charge in [-0.2, -0.15) is 0 Å². The molecule has 2 aromatic carbocycles. The van der Waals surface area contributed by atoms with Crippen molar-refractivity contribution in [3.05, 3.63) is 71.3 Å². The highest BCUT2D eigenvalue weighted by Crippen LogP contribution is 2.36. The molecule has 0 amide bonds. The van der Waals surface area contributed by atoms with Crippen molar-refractivity contribution in [3.8, 4) is 0 Å². The van der Waals surface area contributed by atoms with Crippen LogP contribution in [0.15, 0.2) is 54.6 Å². The highest BCUT2D eigenvalue weighted by Gasteiger charge is 2.40. The number of carbonyl (C=O) groups is 1. The Morgan fingerprint density at radius 1 is 1.04 bits per heavy atom. The fourth-order valence-corrected chi connectivity index (χ4v) is 4.69. The lowest BCUT2D eigenvalue weighted by atomic mass is 9.91. The summed E-state index contributed by atoms with van der Waals surface area (Å²) in [5.74, 6) is -0.318. The number of hydrogen-bond acceptors (Lipinski definition) is 3. The topological polar surface area (TPSA) is 29.5 Å². The van der Waals surface area contributed by atoms with Crippen LogP contribution in [0.25, 0.3) is 0 Å². The van der Waals surface area contributed by atoms with Gasteiger partial charge in [0.1, 0.15) is 6.10 Å². The molecule has 2 aliphatic heterocycles. The van der Waals surface area contributed by atoms with E-state index in [0.717, 1.165) is 18.4 Å². The standard InChI is InChI=1S/C24H29NO2/c1-17-8-10-18(11-9-17)14-23(19-6-4-3-5-7-19)24(26)27-22-15-20-12-13-21(16-22)25(20)2/h3-11,20-23H,12-16H2,1-2H3. The zero-order chi connectivity index (χ0) is 18.8. The fraction of sp³-hybridized carbons (Fsp3) is 0.458. The van der Waals surface area contributed by atoms with Gasteiger partial charge in [-0.3, -0.25) is 4.79 Å². The van der Waals surface area contributed by atoms with E-state index in [1.54, 1.807) is 0 Å². The molecule has 3 heteroatoms. The van der Waals surface area contributed by atoms with Gasteiger partial charge in [-0.25, -0.2) is 0 Å². The molecule has 3 unspecified atom stereocenters. The van der Waals surface area contributed by atoms with E-state index in [1.165, 1.54) is 24.0 Å². The number of carbonyl (C=O) groups excluding carboxylic acids is 1. The highest BCUT2D eigenvalue weighted by atomic mass is 16.5. The van der Waals surface area contributed by atoms with Crippen LogP contribution in [0.1, 0.15) is 48.3 Å². The van der Waals surface area contributed by atoms with Crippen molar-refractivity contribution in [1.29, 1.82) is 0 Å². The van der Waals surface area contributed by atoms with Crippen LogP contribution in [0.5, 0.6) is 0 Å². The summed E-state index contributed by atoms with van der Waals surface area (Å²) in [6.45, 7) is 2.08. The molecule has 3 nitrogen and oxygen atoms in total. The first kappa shape index (κ1) is 18.2. The largest absolute Gasteiger partial charge is 0.462 e. The van der Waals surface area contributed by atoms with Gasteiger partial charge < -0.3 is 9.64 Å². The van der Waals surface area contributed by atoms with Crippen LogP contribution >= 0.6 is 0 Å². The Balaban J connectivity index is 1.49. The van der Waals surface area contributed by atoms with E-state index in [1.807, 2.05) is 30.3 Å². The minimum Gasteiger partial charge on any atom is -0.462 e. The zero-order valence-electron chi connectivity index (χ0n) is 16.3. The van der Waals surface area contributed by atoms with Crippen molar-refractivity contribution in [3.63, 3.8) is 0 Å². The smallest absolute Gasteiger partial charge is 0.314 e. The van der Waals surface area contributed by atoms with Crippen LogP contribution in [-0.4, -0.2) is 36.1 Å². The van der Waals surface area contributed by atoms with Gasteiger partial charge in [0, 0.05) is 12.1 Å². The number of hydrogen-bond donors (Lipinski definition) is 0. The predicted octanol–water partition coefficient (Wildman–Crippen LogP) is 4.49. The first-order valence-corrected chi connectivity index (χ1v) is 10.1. The summed E-state index contributed by atoms with van der Waals surface area (Å²) >= 11 is 0. The van der Waals surface area contributed by atoms with Crippen molar-refractivity contribution in [2.24, 2.45) is 0 Å². The highest BCUT2D eigenvalue weighted by molar-refractivity contribution is 5.78. The maximum absolute atomic E-state index is 13.2. The molecule has 4 rings (SSSR count). The third-order valence-electron chi connectivity index (χ3n) is 6.38. The van der Waals surface area contributed by atoms with Crippen molar-refractivity contribution < 1.29 is 9.53 Å². The number of benzene rings is 2. The van der Waals surface area contributed by atoms with E-state index in [-0.39, 0.29) is 18.0 Å². The molecule has 142 valence electrons. The summed E-state index contributed by atoms with van der Waals surface area (Å²) in [7, 11) is 2.21. The zero-order valence-corrected chi connectivity index (χ0v) is 16.3. The number of piperidine rings is 1. The molecule has 3 atom stereocenters. The van der Waals surface area contributed by atoms with Crippen molar-refractivity contribution >= 4 is 5.97 Å². The molecule has 0 spiro atoms. The number of nitrogens with zero attached hydrogens (tertiary/aromatic N) is 1. The summed E-state index contributed by atoms with van der Waals surface area (Å²) in [6.07, 6.45) is 5.18. The molecule has 0 radical (unpaired) electrons. The summed E-state index contributed by atoms with van der Waals surface area (Å²) in [5, 5.41) is 0. The molecule has 2 fully saturated rings. The SMILES string of the molecule is Cc1ccc(CC(C(=O)OC2CC3CCC(C2)N3C)c2ccccc2)cc1. The second-order valence-electron chi connectivity index (χ2n) is 8.23. The summed E-state index contributed by atoms with van der Waals surface area (Å²) in [4.78, 5) is 15.6. The average molecular weight is 364 g/mol. The molecular formula is C24H29NO2. The molecule has 2 aliphatic rings. The Kier molecular flexibility index (Phi) is 5.31. The summed E-state index contributed by atoms with van der Waals surface area (Å²) < 4.78 is 6.07. The first-order valence-electron chi connectivity index (χ1n) is 10.1. The summed E-state index contributed by atoms with van der Waals surface area (Å²) in [5.41, 5.74) is 3.45. The van der Waals surface area contributed by atoms with Gasteiger partial charge in [0.2, 0.25) is 0 Å². The number of aryl methyl sites for hydroxylation is 1. The Morgan fingerprint density at radius 3 is 2.30 bits per heavy atom. The van der Waals surface area contributed by atoms with Gasteiger partial charge in [0.15, 0.2) is 0 Å². The van der Waals surface area contributed by atoms with Crippen LogP contribution in [0, 0.1) is 6.92 Å². The van der Waals surface area contributed by atoms with Crippen molar-refractivity contribution in [1.82, 2.24) is 4.90 Å². The molecule has 0 aliphatic carbocycles. The van der Waals surface area contributed by atoms with Crippen LogP contribution in [0.3, 0.4) is 0 Å². The monoisotopic (exact) mass is 363 g/mol. The lowest BCUT2D eigenvalue weighted by Crippen LogP contribution is -2.43. The number of esters is 1. The Hall–Kier alpha value is -2.13. The normalized spacial score (nSPS) is 25.9. The van der Waals surface area contributed by atoms with E-state index >= 15 is 0 Å². The second-order valence-corrected chi connectivity index (χ2v) is 8.23. The Bertz CT molecular complexity index is 757. The average Bonchev–Trinajstić information content (AvgIpc) is 2.89. The van der Waals surface area contributed by atoms with E-state index in [4.69, 9.17) is 4.74 Å². The van der Waals surface area contributed by atoms with Crippen molar-refractivity contribution in [2.75, 3.05) is 7.05 Å². The molecule has 2 bridgehead atoms. The fourth-order valence-electron chi connectivity index (χ4n) is 4.69. The lowest BCUT2D eigenvalue weighted by molar-refractivity contribution is -0.154. The number of fused-ring (bicyclic) bond motifs is 2. The summed E-state index contributed by atoms with van der Waals surface area (Å²) in [6, 6.07) is 19.7. The van der Waals surface area contributed by atoms with E-state index in [2.05, 4.69) is 43.1 Å². The maximum Gasteiger partial charge on any atom is 0.314 e. The molecule has 2 saturated heterocycles. The first-order chi connectivity index (χ1) is 13.1. The van der Waals surface area contributed by atoms with Gasteiger partial charge >= 0.3 is 5.97 Å².